The van der Waals surface area contributed by atoms with Gasteiger partial charge in [0.25, 0.3) is 0 Å². The predicted molar refractivity (Wildman–Crippen MR) is 97.9 cm³/mol. The SMILES string of the molecule is Cc1[nH]nc(C(=O)Cc2cnc3[nH]c(-c4ccc(F)cc4)cc3c2)c1Cl. The largest absolute Gasteiger partial charge is 0.339 e. The molecule has 3 heterocycles. The highest BCUT2D eigenvalue weighted by Gasteiger charge is 2.17. The molecule has 0 bridgehead atoms. The molecule has 1 aromatic carbocycles. The lowest BCUT2D eigenvalue weighted by Gasteiger charge is -1.99. The van der Waals surface area contributed by atoms with Crippen LogP contribution in [-0.2, 0) is 6.42 Å². The van der Waals surface area contributed by atoms with Gasteiger partial charge >= 0.3 is 0 Å². The molecule has 0 saturated carbocycles. The van der Waals surface area contributed by atoms with E-state index in [0.29, 0.717) is 16.4 Å². The van der Waals surface area contributed by atoms with Crippen LogP contribution in [0.15, 0.2) is 42.6 Å². The minimum absolute atomic E-state index is 0.157. The summed E-state index contributed by atoms with van der Waals surface area (Å²) in [4.78, 5) is 20.0. The molecular weight excluding hydrogens is 355 g/mol. The van der Waals surface area contributed by atoms with Gasteiger partial charge in [-0.05, 0) is 54.4 Å². The van der Waals surface area contributed by atoms with Crippen molar-refractivity contribution in [3.8, 4) is 11.3 Å². The molecule has 0 amide bonds. The lowest BCUT2D eigenvalue weighted by molar-refractivity contribution is 0.0988. The first-order chi connectivity index (χ1) is 12.5. The average molecular weight is 369 g/mol. The summed E-state index contributed by atoms with van der Waals surface area (Å²) in [6.45, 7) is 1.76. The number of aromatic amines is 2. The van der Waals surface area contributed by atoms with Crippen molar-refractivity contribution in [1.82, 2.24) is 20.2 Å². The summed E-state index contributed by atoms with van der Waals surface area (Å²) in [5, 5.41) is 7.89. The number of aromatic nitrogens is 4. The Hall–Kier alpha value is -2.99. The summed E-state index contributed by atoms with van der Waals surface area (Å²) < 4.78 is 13.1. The number of benzene rings is 1. The van der Waals surface area contributed by atoms with Gasteiger partial charge in [-0.25, -0.2) is 9.37 Å². The fraction of sp³-hybridized carbons (Fsp3) is 0.105. The molecule has 4 rings (SSSR count). The number of Topliss-reactive ketones (excluding diaryl/α,β-unsaturated/α-hetero) is 1. The number of aryl methyl sites for hydroxylation is 1. The Morgan fingerprint density at radius 2 is 2.00 bits per heavy atom. The fourth-order valence-corrected chi connectivity index (χ4v) is 3.00. The van der Waals surface area contributed by atoms with Gasteiger partial charge in [-0.2, -0.15) is 5.10 Å². The predicted octanol–water partition coefficient (Wildman–Crippen LogP) is 4.48. The van der Waals surface area contributed by atoms with Crippen molar-refractivity contribution in [2.75, 3.05) is 0 Å². The zero-order valence-corrected chi connectivity index (χ0v) is 14.6. The molecule has 7 heteroatoms. The second kappa shape index (κ2) is 6.38. The van der Waals surface area contributed by atoms with Crippen LogP contribution in [0.25, 0.3) is 22.3 Å². The average Bonchev–Trinajstić information content (AvgIpc) is 3.19. The molecular formula is C19H14ClFN4O. The zero-order valence-electron chi connectivity index (χ0n) is 13.8. The molecule has 0 radical (unpaired) electrons. The van der Waals surface area contributed by atoms with Gasteiger partial charge in [-0.1, -0.05) is 11.6 Å². The van der Waals surface area contributed by atoms with Crippen molar-refractivity contribution in [2.24, 2.45) is 0 Å². The molecule has 0 atom stereocenters. The standard InChI is InChI=1S/C19H14ClFN4O/c1-10-17(20)18(25-24-10)16(26)7-11-6-13-8-15(23-19(13)22-9-11)12-2-4-14(21)5-3-12/h2-6,8-9H,7H2,1H3,(H,22,23)(H,24,25). The van der Waals surface area contributed by atoms with Crippen molar-refractivity contribution >= 4 is 28.4 Å². The maximum atomic E-state index is 13.1. The summed E-state index contributed by atoms with van der Waals surface area (Å²) in [6, 6.07) is 10.0. The molecule has 2 N–H and O–H groups in total. The lowest BCUT2D eigenvalue weighted by atomic mass is 10.1. The summed E-state index contributed by atoms with van der Waals surface area (Å²) in [5.74, 6) is -0.453. The first-order valence-electron chi connectivity index (χ1n) is 7.98. The van der Waals surface area contributed by atoms with E-state index in [1.807, 2.05) is 12.1 Å². The molecule has 26 heavy (non-hydrogen) atoms. The highest BCUT2D eigenvalue weighted by Crippen LogP contribution is 2.25. The maximum absolute atomic E-state index is 13.1. The summed E-state index contributed by atoms with van der Waals surface area (Å²) >= 11 is 6.09. The van der Waals surface area contributed by atoms with Crippen molar-refractivity contribution < 1.29 is 9.18 Å². The first kappa shape index (κ1) is 16.5. The molecule has 0 aliphatic heterocycles. The summed E-state index contributed by atoms with van der Waals surface area (Å²) in [6.07, 6.45) is 1.81. The number of nitrogens with one attached hydrogen (secondary N) is 2. The third-order valence-corrected chi connectivity index (χ3v) is 4.65. The lowest BCUT2D eigenvalue weighted by Crippen LogP contribution is -2.05. The van der Waals surface area contributed by atoms with E-state index in [-0.39, 0.29) is 23.7 Å². The Morgan fingerprint density at radius 1 is 1.23 bits per heavy atom. The normalized spacial score (nSPS) is 11.2. The Bertz CT molecular complexity index is 1110. The van der Waals surface area contributed by atoms with Crippen LogP contribution in [0.3, 0.4) is 0 Å². The van der Waals surface area contributed by atoms with Crippen molar-refractivity contribution in [2.45, 2.75) is 13.3 Å². The summed E-state index contributed by atoms with van der Waals surface area (Å²) in [7, 11) is 0. The minimum atomic E-state index is -0.281. The number of fused-ring (bicyclic) bond motifs is 1. The number of halogens is 2. The number of rotatable bonds is 4. The molecule has 130 valence electrons. The van der Waals surface area contributed by atoms with Gasteiger partial charge in [0, 0.05) is 23.7 Å². The molecule has 0 fully saturated rings. The Kier molecular flexibility index (Phi) is 4.05. The van der Waals surface area contributed by atoms with E-state index in [1.54, 1.807) is 25.3 Å². The van der Waals surface area contributed by atoms with Gasteiger partial charge in [0.05, 0.1) is 10.7 Å². The molecule has 5 nitrogen and oxygen atoms in total. The number of nitrogens with zero attached hydrogens (tertiary/aromatic N) is 2. The summed E-state index contributed by atoms with van der Waals surface area (Å²) in [5.41, 5.74) is 4.07. The highest BCUT2D eigenvalue weighted by molar-refractivity contribution is 6.34. The third-order valence-electron chi connectivity index (χ3n) is 4.18. The number of pyridine rings is 1. The van der Waals surface area contributed by atoms with Crippen molar-refractivity contribution in [1.29, 1.82) is 0 Å². The van der Waals surface area contributed by atoms with Gasteiger partial charge < -0.3 is 4.98 Å². The molecule has 0 spiro atoms. The molecule has 0 aliphatic rings. The van der Waals surface area contributed by atoms with Gasteiger partial charge in [-0.15, -0.1) is 0 Å². The van der Waals surface area contributed by atoms with E-state index in [1.165, 1.54) is 12.1 Å². The van der Waals surface area contributed by atoms with E-state index in [2.05, 4.69) is 20.2 Å². The van der Waals surface area contributed by atoms with Crippen molar-refractivity contribution in [3.05, 3.63) is 70.4 Å². The fourth-order valence-electron chi connectivity index (χ4n) is 2.81. The van der Waals surface area contributed by atoms with Crippen LogP contribution in [0.4, 0.5) is 4.39 Å². The maximum Gasteiger partial charge on any atom is 0.189 e. The van der Waals surface area contributed by atoms with Crippen molar-refractivity contribution in [3.63, 3.8) is 0 Å². The first-order valence-corrected chi connectivity index (χ1v) is 8.36. The number of H-pyrrole nitrogens is 2. The van der Waals surface area contributed by atoms with E-state index in [4.69, 9.17) is 11.6 Å². The topological polar surface area (TPSA) is 74.4 Å². The molecule has 3 aromatic heterocycles. The number of carbonyl (C=O) groups excluding carboxylic acids is 1. The second-order valence-corrected chi connectivity index (χ2v) is 6.46. The van der Waals surface area contributed by atoms with Gasteiger partial charge in [0.1, 0.15) is 17.2 Å². The Labute approximate surface area is 153 Å². The van der Waals surface area contributed by atoms with Gasteiger partial charge in [0.2, 0.25) is 0 Å². The smallest absolute Gasteiger partial charge is 0.189 e. The number of carbonyl (C=O) groups is 1. The number of ketones is 1. The monoisotopic (exact) mass is 368 g/mol. The van der Waals surface area contributed by atoms with Crippen LogP contribution < -0.4 is 0 Å². The second-order valence-electron chi connectivity index (χ2n) is 6.08. The van der Waals surface area contributed by atoms with Crippen LogP contribution in [0.1, 0.15) is 21.7 Å². The van der Waals surface area contributed by atoms with Crippen LogP contribution in [-0.4, -0.2) is 25.9 Å². The van der Waals surface area contributed by atoms with Crippen LogP contribution in [0, 0.1) is 12.7 Å². The molecule has 0 aliphatic carbocycles. The molecule has 4 aromatic rings. The molecule has 0 unspecified atom stereocenters. The molecule has 0 saturated heterocycles. The number of hydrogen-bond acceptors (Lipinski definition) is 3. The van der Waals surface area contributed by atoms with Gasteiger partial charge in [0.15, 0.2) is 5.78 Å². The quantitative estimate of drug-likeness (QED) is 0.521. The van der Waals surface area contributed by atoms with E-state index < -0.39 is 0 Å². The van der Waals surface area contributed by atoms with E-state index >= 15 is 0 Å². The van der Waals surface area contributed by atoms with E-state index in [9.17, 15) is 9.18 Å². The van der Waals surface area contributed by atoms with E-state index in [0.717, 1.165) is 22.2 Å². The minimum Gasteiger partial charge on any atom is -0.339 e. The Morgan fingerprint density at radius 3 is 2.69 bits per heavy atom. The highest BCUT2D eigenvalue weighted by atomic mass is 35.5. The van der Waals surface area contributed by atoms with Crippen LogP contribution >= 0.6 is 11.6 Å². The van der Waals surface area contributed by atoms with Gasteiger partial charge in [-0.3, -0.25) is 9.89 Å². The van der Waals surface area contributed by atoms with Crippen LogP contribution in [0.5, 0.6) is 0 Å². The number of hydrogen-bond donors (Lipinski definition) is 2. The Balaban J connectivity index is 1.62. The zero-order chi connectivity index (χ0) is 18.3. The third kappa shape index (κ3) is 2.99. The van der Waals surface area contributed by atoms with Crippen LogP contribution in [0.2, 0.25) is 5.02 Å².